The standard InChI is InChI=1S/C38H56O23/c1-17(5-9-39)33(49)56-13-21-25(41)26(42)22(14-55-21)59-36(52)20(4)8-12-54-38-32(48)30(46)28(44)24(61-38)16-58-35(51)19(3)7-11-53-37-31(47)29(45)27(43)23(60-37)15-57-34(50)18(2)6-10-40/h21-32,37-48H,1-16H2/t21-,22-,23+,24+,25+,26-,27+,28+,29-,30-,31+,32+,37+,38+/m0/s1. The Balaban J connectivity index is 1.40. The second-order valence-electron chi connectivity index (χ2n) is 14.2. The first-order chi connectivity index (χ1) is 28.8. The van der Waals surface area contributed by atoms with Crippen molar-refractivity contribution < 1.29 is 113 Å². The van der Waals surface area contributed by atoms with Gasteiger partial charge in [-0.15, -0.1) is 0 Å². The van der Waals surface area contributed by atoms with Crippen molar-refractivity contribution in [1.29, 1.82) is 0 Å². The highest BCUT2D eigenvalue weighted by molar-refractivity contribution is 5.89. The van der Waals surface area contributed by atoms with Crippen molar-refractivity contribution in [3.05, 3.63) is 48.6 Å². The zero-order valence-corrected chi connectivity index (χ0v) is 33.2. The first-order valence-corrected chi connectivity index (χ1v) is 19.1. The van der Waals surface area contributed by atoms with Gasteiger partial charge in [-0.3, -0.25) is 0 Å². The predicted molar refractivity (Wildman–Crippen MR) is 199 cm³/mol. The molecular weight excluding hydrogens is 824 g/mol. The van der Waals surface area contributed by atoms with Gasteiger partial charge < -0.3 is 93.7 Å². The third kappa shape index (κ3) is 14.7. The van der Waals surface area contributed by atoms with Crippen molar-refractivity contribution in [1.82, 2.24) is 0 Å². The van der Waals surface area contributed by atoms with E-state index in [9.17, 15) is 60.0 Å². The summed E-state index contributed by atoms with van der Waals surface area (Å²) in [5.41, 5.74) is -0.409. The molecule has 23 nitrogen and oxygen atoms in total. The Bertz CT molecular complexity index is 1530. The van der Waals surface area contributed by atoms with Crippen LogP contribution in [-0.4, -0.2) is 214 Å². The minimum Gasteiger partial charge on any atom is -0.459 e. The van der Waals surface area contributed by atoms with E-state index >= 15 is 0 Å². The van der Waals surface area contributed by atoms with Gasteiger partial charge in [-0.05, 0) is 0 Å². The number of esters is 4. The fraction of sp³-hybridized carbons (Fsp3) is 0.684. The third-order valence-electron chi connectivity index (χ3n) is 9.67. The molecule has 3 fully saturated rings. The summed E-state index contributed by atoms with van der Waals surface area (Å²) in [5, 5.41) is 101. The minimum atomic E-state index is -1.83. The average molecular weight is 881 g/mol. The van der Waals surface area contributed by atoms with E-state index in [1.54, 1.807) is 0 Å². The summed E-state index contributed by atoms with van der Waals surface area (Å²) in [4.78, 5) is 49.2. The Hall–Kier alpha value is -3.76. The monoisotopic (exact) mass is 880 g/mol. The molecule has 0 aromatic rings. The molecule has 3 saturated heterocycles. The molecule has 0 aliphatic carbocycles. The number of aliphatic hydroxyl groups is 10. The van der Waals surface area contributed by atoms with Crippen LogP contribution in [0.3, 0.4) is 0 Å². The maximum absolute atomic E-state index is 12.7. The van der Waals surface area contributed by atoms with Crippen LogP contribution in [0.15, 0.2) is 48.6 Å². The summed E-state index contributed by atoms with van der Waals surface area (Å²) in [6.45, 7) is 10.7. The Labute approximate surface area is 349 Å². The molecule has 0 aromatic carbocycles. The summed E-state index contributed by atoms with van der Waals surface area (Å²) in [5.74, 6) is -3.71. The van der Waals surface area contributed by atoms with Gasteiger partial charge in [-0.25, -0.2) is 19.2 Å². The fourth-order valence-electron chi connectivity index (χ4n) is 5.76. The van der Waals surface area contributed by atoms with Crippen LogP contribution in [-0.2, 0) is 61.8 Å². The highest BCUT2D eigenvalue weighted by Gasteiger charge is 2.47. The molecule has 23 heteroatoms. The molecule has 3 rings (SSSR count). The molecule has 346 valence electrons. The number of carbonyl (C=O) groups excluding carboxylic acids is 4. The highest BCUT2D eigenvalue weighted by atomic mass is 16.7. The smallest absolute Gasteiger partial charge is 0.333 e. The minimum absolute atomic E-state index is 0.00801. The van der Waals surface area contributed by atoms with Gasteiger partial charge in [0.2, 0.25) is 0 Å². The van der Waals surface area contributed by atoms with Crippen LogP contribution < -0.4 is 0 Å². The Kier molecular flexibility index (Phi) is 20.9. The van der Waals surface area contributed by atoms with E-state index in [4.69, 9.17) is 52.8 Å². The van der Waals surface area contributed by atoms with Gasteiger partial charge in [-0.1, -0.05) is 26.3 Å². The molecule has 0 unspecified atom stereocenters. The molecule has 0 radical (unpaired) electrons. The first kappa shape index (κ1) is 51.6. The van der Waals surface area contributed by atoms with Crippen molar-refractivity contribution in [3.8, 4) is 0 Å². The lowest BCUT2D eigenvalue weighted by molar-refractivity contribution is -0.301. The van der Waals surface area contributed by atoms with E-state index in [0.717, 1.165) is 0 Å². The van der Waals surface area contributed by atoms with Gasteiger partial charge in [0.05, 0.1) is 19.8 Å². The molecule has 0 spiro atoms. The molecule has 0 aromatic heterocycles. The lowest BCUT2D eigenvalue weighted by atomic mass is 9.99. The summed E-state index contributed by atoms with van der Waals surface area (Å²) >= 11 is 0. The average Bonchev–Trinajstić information content (AvgIpc) is 3.23. The molecule has 61 heavy (non-hydrogen) atoms. The summed E-state index contributed by atoms with van der Waals surface area (Å²) in [6, 6.07) is 0. The zero-order valence-electron chi connectivity index (χ0n) is 33.2. The number of hydrogen-bond donors (Lipinski definition) is 10. The normalized spacial score (nSPS) is 32.6. The van der Waals surface area contributed by atoms with Crippen LogP contribution in [0, 0.1) is 0 Å². The van der Waals surface area contributed by atoms with Crippen LogP contribution in [0.25, 0.3) is 0 Å². The van der Waals surface area contributed by atoms with Crippen LogP contribution in [0.1, 0.15) is 25.7 Å². The molecule has 3 heterocycles. The maximum Gasteiger partial charge on any atom is 0.333 e. The Morgan fingerprint density at radius 3 is 1.25 bits per heavy atom. The molecule has 0 bridgehead atoms. The predicted octanol–water partition coefficient (Wildman–Crippen LogP) is -4.93. The summed E-state index contributed by atoms with van der Waals surface area (Å²) < 4.78 is 47.6. The topological polar surface area (TPSA) is 354 Å². The summed E-state index contributed by atoms with van der Waals surface area (Å²) in [7, 11) is 0. The van der Waals surface area contributed by atoms with Crippen LogP contribution in [0.4, 0.5) is 0 Å². The number of carbonyl (C=O) groups is 4. The largest absolute Gasteiger partial charge is 0.459 e. The van der Waals surface area contributed by atoms with Crippen LogP contribution in [0.5, 0.6) is 0 Å². The van der Waals surface area contributed by atoms with Gasteiger partial charge in [0.25, 0.3) is 0 Å². The molecule has 14 atom stereocenters. The van der Waals surface area contributed by atoms with Crippen molar-refractivity contribution in [2.45, 2.75) is 112 Å². The molecule has 0 amide bonds. The van der Waals surface area contributed by atoms with E-state index in [1.165, 1.54) is 0 Å². The summed E-state index contributed by atoms with van der Waals surface area (Å²) in [6.07, 6.45) is -22.7. The van der Waals surface area contributed by atoms with Gasteiger partial charge in [0.15, 0.2) is 18.7 Å². The second-order valence-corrected chi connectivity index (χ2v) is 14.2. The first-order valence-electron chi connectivity index (χ1n) is 19.1. The van der Waals surface area contributed by atoms with E-state index in [0.29, 0.717) is 0 Å². The van der Waals surface area contributed by atoms with Crippen molar-refractivity contribution >= 4 is 23.9 Å². The van der Waals surface area contributed by atoms with E-state index in [-0.39, 0.29) is 81.0 Å². The van der Waals surface area contributed by atoms with Gasteiger partial charge in [0, 0.05) is 61.2 Å². The SMILES string of the molecule is C=C(CCO)C(=O)OC[C@@H]1OC[C@H](OC(=O)C(=C)CCO[C@@H]2O[C@H](COC(=O)C(=C)CCO[C@@H]3O[C@H](COC(=O)C(=C)CCO)[C@@H](O)[C@H](O)[C@H]3O)[C@@H](O)[C@H](O)[C@H]2O)[C@H](O)[C@@H]1O. The second kappa shape index (κ2) is 24.8. The molecule has 3 aliphatic rings. The number of hydrogen-bond acceptors (Lipinski definition) is 23. The van der Waals surface area contributed by atoms with E-state index < -0.39 is 130 Å². The molecule has 10 N–H and O–H groups in total. The Morgan fingerprint density at radius 2 is 0.836 bits per heavy atom. The highest BCUT2D eigenvalue weighted by Crippen LogP contribution is 2.26. The van der Waals surface area contributed by atoms with Crippen molar-refractivity contribution in [2.75, 3.05) is 52.9 Å². The molecule has 3 aliphatic heterocycles. The van der Waals surface area contributed by atoms with Gasteiger partial charge >= 0.3 is 23.9 Å². The van der Waals surface area contributed by atoms with E-state index in [1.807, 2.05) is 0 Å². The quantitative estimate of drug-likeness (QED) is 0.0261. The lowest BCUT2D eigenvalue weighted by Gasteiger charge is -2.40. The van der Waals surface area contributed by atoms with Gasteiger partial charge in [-0.2, -0.15) is 0 Å². The van der Waals surface area contributed by atoms with Crippen LogP contribution >= 0.6 is 0 Å². The molecule has 0 saturated carbocycles. The van der Waals surface area contributed by atoms with Gasteiger partial charge in [0.1, 0.15) is 87.0 Å². The fourth-order valence-corrected chi connectivity index (χ4v) is 5.76. The number of rotatable bonds is 23. The number of ether oxygens (including phenoxy) is 9. The maximum atomic E-state index is 12.7. The number of aliphatic hydroxyl groups excluding tert-OH is 10. The zero-order chi connectivity index (χ0) is 45.6. The Morgan fingerprint density at radius 1 is 0.475 bits per heavy atom. The molecular formula is C38H56O23. The van der Waals surface area contributed by atoms with Crippen molar-refractivity contribution in [3.63, 3.8) is 0 Å². The van der Waals surface area contributed by atoms with Crippen LogP contribution in [0.2, 0.25) is 0 Å². The third-order valence-corrected chi connectivity index (χ3v) is 9.67. The van der Waals surface area contributed by atoms with Crippen molar-refractivity contribution in [2.24, 2.45) is 0 Å². The lowest BCUT2D eigenvalue weighted by Crippen LogP contribution is -2.59. The van der Waals surface area contributed by atoms with E-state index in [2.05, 4.69) is 26.3 Å².